The molecule has 0 aliphatic rings. The van der Waals surface area contributed by atoms with Gasteiger partial charge in [-0.25, -0.2) is 9.18 Å². The van der Waals surface area contributed by atoms with Crippen LogP contribution >= 0.6 is 0 Å². The number of esters is 1. The maximum atomic E-state index is 13.6. The van der Waals surface area contributed by atoms with Crippen LogP contribution in [0.25, 0.3) is 0 Å². The van der Waals surface area contributed by atoms with Gasteiger partial charge in [-0.05, 0) is 42.5 Å². The molecule has 0 fully saturated rings. The molecule has 0 heterocycles. The van der Waals surface area contributed by atoms with Gasteiger partial charge in [0.2, 0.25) is 0 Å². The van der Waals surface area contributed by atoms with Crippen LogP contribution in [0.2, 0.25) is 0 Å². The van der Waals surface area contributed by atoms with Gasteiger partial charge >= 0.3 is 5.97 Å². The van der Waals surface area contributed by atoms with Gasteiger partial charge in [0, 0.05) is 25.3 Å². The van der Waals surface area contributed by atoms with Gasteiger partial charge < -0.3 is 19.7 Å². The van der Waals surface area contributed by atoms with Gasteiger partial charge in [0.25, 0.3) is 11.8 Å². The van der Waals surface area contributed by atoms with E-state index in [1.165, 1.54) is 24.1 Å². The van der Waals surface area contributed by atoms with Crippen LogP contribution in [0, 0.1) is 5.82 Å². The molecule has 0 unspecified atom stereocenters. The minimum atomic E-state index is -0.835. The summed E-state index contributed by atoms with van der Waals surface area (Å²) in [5, 5.41) is 2.54. The van der Waals surface area contributed by atoms with Crippen LogP contribution in [0.4, 0.5) is 10.1 Å². The molecule has 0 aliphatic carbocycles. The van der Waals surface area contributed by atoms with Crippen molar-refractivity contribution >= 4 is 23.5 Å². The van der Waals surface area contributed by atoms with Crippen molar-refractivity contribution in [2.24, 2.45) is 0 Å². The molecule has 0 saturated heterocycles. The number of hydrogen-bond acceptors (Lipinski definition) is 5. The first-order valence-corrected chi connectivity index (χ1v) is 7.94. The van der Waals surface area contributed by atoms with Gasteiger partial charge in [-0.3, -0.25) is 9.59 Å². The molecule has 27 heavy (non-hydrogen) atoms. The van der Waals surface area contributed by atoms with Crippen molar-refractivity contribution in [2.75, 3.05) is 33.1 Å². The summed E-state index contributed by atoms with van der Waals surface area (Å²) < 4.78 is 23.2. The molecule has 0 saturated carbocycles. The number of ether oxygens (including phenoxy) is 2. The lowest BCUT2D eigenvalue weighted by atomic mass is 10.2. The Morgan fingerprint density at radius 2 is 1.67 bits per heavy atom. The van der Waals surface area contributed by atoms with E-state index in [0.717, 1.165) is 6.07 Å². The highest BCUT2D eigenvalue weighted by atomic mass is 19.1. The molecule has 0 aliphatic heterocycles. The molecule has 8 heteroatoms. The summed E-state index contributed by atoms with van der Waals surface area (Å²) in [6.45, 7) is -0.537. The third-order valence-electron chi connectivity index (χ3n) is 3.54. The predicted molar refractivity (Wildman–Crippen MR) is 96.3 cm³/mol. The average Bonchev–Trinajstić information content (AvgIpc) is 2.66. The standard InChI is InChI=1S/C19H19FN2O5/c1-22(2)18(24)12-4-7-14(8-5-12)21-17(23)11-27-19(25)13-6-9-16(26-3)15(20)10-13/h4-10H,11H2,1-3H3,(H,21,23). The predicted octanol–water partition coefficient (Wildman–Crippen LogP) is 2.33. The van der Waals surface area contributed by atoms with Crippen molar-refractivity contribution in [3.63, 3.8) is 0 Å². The Kier molecular flexibility index (Phi) is 6.48. The maximum Gasteiger partial charge on any atom is 0.338 e. The number of amides is 2. The second-order valence-corrected chi connectivity index (χ2v) is 5.75. The fourth-order valence-corrected chi connectivity index (χ4v) is 2.16. The number of hydrogen-bond donors (Lipinski definition) is 1. The highest BCUT2D eigenvalue weighted by Gasteiger charge is 2.14. The van der Waals surface area contributed by atoms with Crippen molar-refractivity contribution in [3.8, 4) is 5.75 Å². The van der Waals surface area contributed by atoms with E-state index in [2.05, 4.69) is 5.32 Å². The van der Waals surface area contributed by atoms with Crippen LogP contribution in [0.3, 0.4) is 0 Å². The maximum absolute atomic E-state index is 13.6. The van der Waals surface area contributed by atoms with E-state index < -0.39 is 24.3 Å². The molecule has 1 N–H and O–H groups in total. The largest absolute Gasteiger partial charge is 0.494 e. The lowest BCUT2D eigenvalue weighted by molar-refractivity contribution is -0.119. The molecule has 0 aromatic heterocycles. The van der Waals surface area contributed by atoms with Crippen LogP contribution in [0.1, 0.15) is 20.7 Å². The van der Waals surface area contributed by atoms with E-state index >= 15 is 0 Å². The second kappa shape index (κ2) is 8.79. The third-order valence-corrected chi connectivity index (χ3v) is 3.54. The summed E-state index contributed by atoms with van der Waals surface area (Å²) in [5.74, 6) is -2.26. The number of benzene rings is 2. The van der Waals surface area contributed by atoms with E-state index in [4.69, 9.17) is 9.47 Å². The van der Waals surface area contributed by atoms with Gasteiger partial charge in [0.1, 0.15) is 0 Å². The molecule has 7 nitrogen and oxygen atoms in total. The summed E-state index contributed by atoms with van der Waals surface area (Å²) in [5.41, 5.74) is 0.889. The molecular weight excluding hydrogens is 355 g/mol. The number of nitrogens with zero attached hydrogens (tertiary/aromatic N) is 1. The molecule has 2 aromatic rings. The minimum Gasteiger partial charge on any atom is -0.494 e. The third kappa shape index (κ3) is 5.27. The lowest BCUT2D eigenvalue weighted by Gasteiger charge is -2.11. The number of carbonyl (C=O) groups is 3. The van der Waals surface area contributed by atoms with Gasteiger partial charge in [-0.1, -0.05) is 0 Å². The fraction of sp³-hybridized carbons (Fsp3) is 0.211. The SMILES string of the molecule is COc1ccc(C(=O)OCC(=O)Nc2ccc(C(=O)N(C)C)cc2)cc1F. The first-order chi connectivity index (χ1) is 12.8. The van der Waals surface area contributed by atoms with Crippen LogP contribution in [-0.2, 0) is 9.53 Å². The smallest absolute Gasteiger partial charge is 0.338 e. The van der Waals surface area contributed by atoms with Crippen molar-refractivity contribution < 1.29 is 28.2 Å². The highest BCUT2D eigenvalue weighted by molar-refractivity contribution is 5.97. The number of carbonyl (C=O) groups excluding carboxylic acids is 3. The van der Waals surface area contributed by atoms with Crippen molar-refractivity contribution in [1.29, 1.82) is 0 Å². The van der Waals surface area contributed by atoms with Crippen molar-refractivity contribution in [2.45, 2.75) is 0 Å². The van der Waals surface area contributed by atoms with Crippen LogP contribution in [-0.4, -0.2) is 50.5 Å². The molecule has 0 radical (unpaired) electrons. The fourth-order valence-electron chi connectivity index (χ4n) is 2.16. The monoisotopic (exact) mass is 374 g/mol. The number of halogens is 1. The van der Waals surface area contributed by atoms with Gasteiger partial charge in [0.05, 0.1) is 12.7 Å². The zero-order chi connectivity index (χ0) is 20.0. The Balaban J connectivity index is 1.89. The van der Waals surface area contributed by atoms with E-state index in [9.17, 15) is 18.8 Å². The molecule has 0 spiro atoms. The zero-order valence-corrected chi connectivity index (χ0v) is 15.1. The number of rotatable bonds is 6. The Bertz CT molecular complexity index is 850. The van der Waals surface area contributed by atoms with Crippen molar-refractivity contribution in [3.05, 3.63) is 59.4 Å². The van der Waals surface area contributed by atoms with Crippen molar-refractivity contribution in [1.82, 2.24) is 4.90 Å². The topological polar surface area (TPSA) is 84.9 Å². The first kappa shape index (κ1) is 19.9. The van der Waals surface area contributed by atoms with Gasteiger partial charge in [-0.2, -0.15) is 0 Å². The molecular formula is C19H19FN2O5. The molecule has 2 amide bonds. The Labute approximate surface area is 155 Å². The number of methoxy groups -OCH3 is 1. The van der Waals surface area contributed by atoms with Crippen LogP contribution < -0.4 is 10.1 Å². The Hall–Kier alpha value is -3.42. The second-order valence-electron chi connectivity index (χ2n) is 5.75. The summed E-state index contributed by atoms with van der Waals surface area (Å²) >= 11 is 0. The van der Waals surface area contributed by atoms with E-state index in [-0.39, 0.29) is 17.2 Å². The summed E-state index contributed by atoms with van der Waals surface area (Å²) in [6, 6.07) is 9.88. The molecule has 142 valence electrons. The Morgan fingerprint density at radius 1 is 1.04 bits per heavy atom. The highest BCUT2D eigenvalue weighted by Crippen LogP contribution is 2.18. The van der Waals surface area contributed by atoms with Gasteiger partial charge in [-0.15, -0.1) is 0 Å². The summed E-state index contributed by atoms with van der Waals surface area (Å²) in [7, 11) is 4.59. The quantitative estimate of drug-likeness (QED) is 0.785. The Morgan fingerprint density at radius 3 is 2.22 bits per heavy atom. The summed E-state index contributed by atoms with van der Waals surface area (Å²) in [6.07, 6.45) is 0. The normalized spacial score (nSPS) is 10.1. The van der Waals surface area contributed by atoms with E-state index in [1.54, 1.807) is 38.4 Å². The van der Waals surface area contributed by atoms with Crippen LogP contribution in [0.15, 0.2) is 42.5 Å². The molecule has 0 bridgehead atoms. The minimum absolute atomic E-state index is 0.000452. The summed E-state index contributed by atoms with van der Waals surface area (Å²) in [4.78, 5) is 37.0. The number of anilines is 1. The van der Waals surface area contributed by atoms with E-state index in [1.807, 2.05) is 0 Å². The van der Waals surface area contributed by atoms with Gasteiger partial charge in [0.15, 0.2) is 18.2 Å². The molecule has 2 rings (SSSR count). The molecule has 0 atom stereocenters. The zero-order valence-electron chi connectivity index (χ0n) is 15.1. The van der Waals surface area contributed by atoms with E-state index in [0.29, 0.717) is 11.3 Å². The first-order valence-electron chi connectivity index (χ1n) is 7.94. The molecule has 2 aromatic carbocycles. The average molecular weight is 374 g/mol. The lowest BCUT2D eigenvalue weighted by Crippen LogP contribution is -2.22. The number of nitrogens with one attached hydrogen (secondary N) is 1. The van der Waals surface area contributed by atoms with Crippen LogP contribution in [0.5, 0.6) is 5.75 Å².